The van der Waals surface area contributed by atoms with Gasteiger partial charge in [-0.1, -0.05) is 11.5 Å². The first-order valence-electron chi connectivity index (χ1n) is 5.79. The van der Waals surface area contributed by atoms with Crippen LogP contribution in [0.2, 0.25) is 0 Å². The van der Waals surface area contributed by atoms with Crippen molar-refractivity contribution in [3.63, 3.8) is 0 Å². The Hall–Kier alpha value is -1.21. The fourth-order valence-electron chi connectivity index (χ4n) is 0.684. The van der Waals surface area contributed by atoms with Crippen LogP contribution in [0.5, 0.6) is 5.75 Å². The maximum Gasteiger partial charge on any atom is 0.387 e. The number of rotatable bonds is 3. The normalized spacial score (nSPS) is 11.9. The molecule has 2 radical (unpaired) electrons. The van der Waals surface area contributed by atoms with E-state index in [4.69, 9.17) is 18.1 Å². The van der Waals surface area contributed by atoms with E-state index in [0.717, 1.165) is 12.1 Å². The van der Waals surface area contributed by atoms with Crippen molar-refractivity contribution in [1.82, 2.24) is 0 Å². The lowest BCUT2D eigenvalue weighted by atomic mass is 9.90. The van der Waals surface area contributed by atoms with Gasteiger partial charge in [0.25, 0.3) is 0 Å². The van der Waals surface area contributed by atoms with Gasteiger partial charge in [-0.25, -0.2) is 4.39 Å². The molecule has 2 N–H and O–H groups in total. The SMILES string of the molecule is CC(C)(O)C(C)(C)O.[B]c1ccc(OC(F)F)cc1F. The standard InChI is InChI=1S/C7H4BF3O.C6H14O2/c8-5-2-1-4(3-6(5)9)12-7(10)11;1-5(2,7)6(3,4)8/h1-3,7H;7-8H,1-4H3. The van der Waals surface area contributed by atoms with Crippen molar-refractivity contribution >= 4 is 13.3 Å². The third kappa shape index (κ3) is 6.82. The zero-order valence-electron chi connectivity index (χ0n) is 11.8. The number of aliphatic hydroxyl groups is 2. The predicted molar refractivity (Wildman–Crippen MR) is 71.0 cm³/mol. The van der Waals surface area contributed by atoms with Crippen LogP contribution < -0.4 is 10.2 Å². The van der Waals surface area contributed by atoms with E-state index in [1.54, 1.807) is 27.7 Å². The second-order valence-electron chi connectivity index (χ2n) is 5.18. The highest BCUT2D eigenvalue weighted by Gasteiger charge is 2.31. The van der Waals surface area contributed by atoms with Gasteiger partial charge in [-0.05, 0) is 33.8 Å². The lowest BCUT2D eigenvalue weighted by Crippen LogP contribution is -2.44. The fraction of sp³-hybridized carbons (Fsp3) is 0.538. The van der Waals surface area contributed by atoms with E-state index in [1.165, 1.54) is 6.07 Å². The highest BCUT2D eigenvalue weighted by atomic mass is 19.3. The van der Waals surface area contributed by atoms with E-state index in [2.05, 4.69) is 4.74 Å². The summed E-state index contributed by atoms with van der Waals surface area (Å²) in [6, 6.07) is 3.14. The minimum atomic E-state index is -2.95. The quantitative estimate of drug-likeness (QED) is 0.834. The van der Waals surface area contributed by atoms with Crippen LogP contribution in [0.4, 0.5) is 13.2 Å². The summed E-state index contributed by atoms with van der Waals surface area (Å²) in [5.41, 5.74) is -2.11. The van der Waals surface area contributed by atoms with Gasteiger partial charge >= 0.3 is 6.61 Å². The molecule has 0 saturated heterocycles. The van der Waals surface area contributed by atoms with E-state index >= 15 is 0 Å². The molecule has 112 valence electrons. The minimum absolute atomic E-state index is 0.100. The van der Waals surface area contributed by atoms with Crippen molar-refractivity contribution in [2.45, 2.75) is 45.5 Å². The number of halogens is 3. The van der Waals surface area contributed by atoms with Gasteiger partial charge in [0.15, 0.2) is 0 Å². The van der Waals surface area contributed by atoms with Crippen molar-refractivity contribution in [1.29, 1.82) is 0 Å². The number of ether oxygens (including phenoxy) is 1. The molecule has 1 aromatic rings. The molecule has 0 heterocycles. The zero-order valence-corrected chi connectivity index (χ0v) is 11.8. The molecular formula is C13H18BF3O3. The first kappa shape index (κ1) is 18.8. The molecule has 0 fully saturated rings. The van der Waals surface area contributed by atoms with Crippen molar-refractivity contribution in [2.75, 3.05) is 0 Å². The topological polar surface area (TPSA) is 49.7 Å². The maximum atomic E-state index is 12.6. The summed E-state index contributed by atoms with van der Waals surface area (Å²) >= 11 is 0. The largest absolute Gasteiger partial charge is 0.435 e. The Balaban J connectivity index is 0.000000396. The van der Waals surface area contributed by atoms with Crippen LogP contribution in [0, 0.1) is 5.82 Å². The molecule has 20 heavy (non-hydrogen) atoms. The minimum Gasteiger partial charge on any atom is -0.435 e. The number of benzene rings is 1. The molecule has 0 saturated carbocycles. The zero-order chi connectivity index (χ0) is 16.1. The Morgan fingerprint density at radius 2 is 1.55 bits per heavy atom. The van der Waals surface area contributed by atoms with Gasteiger partial charge in [-0.15, -0.1) is 0 Å². The first-order valence-corrected chi connectivity index (χ1v) is 5.79. The molecule has 7 heteroatoms. The average Bonchev–Trinajstić information content (AvgIpc) is 2.20. The Morgan fingerprint density at radius 3 is 1.85 bits per heavy atom. The third-order valence-corrected chi connectivity index (χ3v) is 2.69. The summed E-state index contributed by atoms with van der Waals surface area (Å²) < 4.78 is 39.7. The summed E-state index contributed by atoms with van der Waals surface area (Å²) in [7, 11) is 5.10. The Bertz CT molecular complexity index is 414. The molecule has 0 unspecified atom stereocenters. The molecule has 0 aliphatic heterocycles. The molecule has 0 aliphatic rings. The van der Waals surface area contributed by atoms with Crippen LogP contribution in [0.15, 0.2) is 18.2 Å². The van der Waals surface area contributed by atoms with Gasteiger partial charge in [-0.3, -0.25) is 0 Å². The summed E-state index contributed by atoms with van der Waals surface area (Å²) in [6.45, 7) is 3.35. The molecule has 0 spiro atoms. The average molecular weight is 290 g/mol. The first-order chi connectivity index (χ1) is 8.84. The lowest BCUT2D eigenvalue weighted by Gasteiger charge is -2.31. The van der Waals surface area contributed by atoms with Crippen LogP contribution in [-0.4, -0.2) is 35.9 Å². The monoisotopic (exact) mass is 290 g/mol. The summed E-state index contributed by atoms with van der Waals surface area (Å²) in [5, 5.41) is 18.2. The molecule has 1 aromatic carbocycles. The van der Waals surface area contributed by atoms with Crippen molar-refractivity contribution in [2.24, 2.45) is 0 Å². The van der Waals surface area contributed by atoms with Crippen LogP contribution >= 0.6 is 0 Å². The van der Waals surface area contributed by atoms with E-state index < -0.39 is 23.6 Å². The van der Waals surface area contributed by atoms with Gasteiger partial charge in [0, 0.05) is 6.07 Å². The van der Waals surface area contributed by atoms with Gasteiger partial charge in [0.05, 0.1) is 11.2 Å². The van der Waals surface area contributed by atoms with Crippen LogP contribution in [0.1, 0.15) is 27.7 Å². The van der Waals surface area contributed by atoms with E-state index in [1.807, 2.05) is 0 Å². The second kappa shape index (κ2) is 6.99. The van der Waals surface area contributed by atoms with Gasteiger partial charge in [-0.2, -0.15) is 8.78 Å². The van der Waals surface area contributed by atoms with Crippen LogP contribution in [0.25, 0.3) is 0 Å². The van der Waals surface area contributed by atoms with E-state index in [0.29, 0.717) is 0 Å². The third-order valence-electron chi connectivity index (χ3n) is 2.69. The molecule has 0 atom stereocenters. The Kier molecular flexibility index (Phi) is 6.57. The molecule has 0 aliphatic carbocycles. The smallest absolute Gasteiger partial charge is 0.387 e. The van der Waals surface area contributed by atoms with Crippen LogP contribution in [0.3, 0.4) is 0 Å². The maximum absolute atomic E-state index is 12.6. The van der Waals surface area contributed by atoms with Gasteiger partial charge in [0.2, 0.25) is 0 Å². The molecule has 3 nitrogen and oxygen atoms in total. The summed E-state index contributed by atoms with van der Waals surface area (Å²) in [4.78, 5) is 0. The molecule has 0 bridgehead atoms. The van der Waals surface area contributed by atoms with Gasteiger partial charge in [0.1, 0.15) is 19.4 Å². The van der Waals surface area contributed by atoms with E-state index in [-0.39, 0.29) is 11.2 Å². The molecular weight excluding hydrogens is 272 g/mol. The Morgan fingerprint density at radius 1 is 1.10 bits per heavy atom. The predicted octanol–water partition coefficient (Wildman–Crippen LogP) is 1.75. The molecule has 0 aromatic heterocycles. The van der Waals surface area contributed by atoms with Gasteiger partial charge < -0.3 is 14.9 Å². The summed E-state index contributed by atoms with van der Waals surface area (Å²) in [6.07, 6.45) is 0. The fourth-order valence-corrected chi connectivity index (χ4v) is 0.684. The van der Waals surface area contributed by atoms with Crippen molar-refractivity contribution in [3.8, 4) is 5.75 Å². The van der Waals surface area contributed by atoms with Crippen molar-refractivity contribution < 1.29 is 28.1 Å². The Labute approximate surface area is 117 Å². The lowest BCUT2D eigenvalue weighted by molar-refractivity contribution is -0.107. The summed E-state index contributed by atoms with van der Waals surface area (Å²) in [5.74, 6) is -1.01. The van der Waals surface area contributed by atoms with E-state index in [9.17, 15) is 13.2 Å². The highest BCUT2D eigenvalue weighted by molar-refractivity contribution is 6.32. The number of hydrogen-bond donors (Lipinski definition) is 2. The highest BCUT2D eigenvalue weighted by Crippen LogP contribution is 2.19. The second-order valence-corrected chi connectivity index (χ2v) is 5.18. The molecule has 0 amide bonds. The van der Waals surface area contributed by atoms with Crippen LogP contribution in [-0.2, 0) is 0 Å². The number of alkyl halides is 2. The van der Waals surface area contributed by atoms with Crippen molar-refractivity contribution in [3.05, 3.63) is 24.0 Å². The molecule has 1 rings (SSSR count). The number of hydrogen-bond acceptors (Lipinski definition) is 3.